The summed E-state index contributed by atoms with van der Waals surface area (Å²) < 4.78 is 11.1. The molecule has 1 heterocycles. The van der Waals surface area contributed by atoms with E-state index in [0.717, 1.165) is 35.8 Å². The van der Waals surface area contributed by atoms with Crippen molar-refractivity contribution in [3.8, 4) is 5.75 Å². The number of hydrogen-bond acceptors (Lipinski definition) is 2. The number of hydrogen-bond donors (Lipinski definition) is 0. The van der Waals surface area contributed by atoms with Crippen molar-refractivity contribution in [2.75, 3.05) is 13.2 Å². The second-order valence-corrected chi connectivity index (χ2v) is 5.35. The quantitative estimate of drug-likeness (QED) is 0.559. The fourth-order valence-electron chi connectivity index (χ4n) is 2.29. The van der Waals surface area contributed by atoms with Crippen LogP contribution in [0.2, 0.25) is 5.02 Å². The van der Waals surface area contributed by atoms with Gasteiger partial charge in [-0.2, -0.15) is 24.3 Å². The number of ether oxygens (including phenoxy) is 2. The smallest absolute Gasteiger partial charge is 1.00 e. The predicted octanol–water partition coefficient (Wildman–Crippen LogP) is 0.522. The van der Waals surface area contributed by atoms with Crippen LogP contribution < -0.4 is 21.7 Å². The van der Waals surface area contributed by atoms with Crippen LogP contribution >= 0.6 is 11.6 Å². The Labute approximate surface area is 163 Å². The Bertz CT molecular complexity index is 571. The number of halogens is 2. The molecular formula is C17H16BrClMgO2. The summed E-state index contributed by atoms with van der Waals surface area (Å²) in [5.41, 5.74) is 2.30. The fourth-order valence-corrected chi connectivity index (χ4v) is 2.47. The van der Waals surface area contributed by atoms with Crippen LogP contribution in [-0.2, 0) is 11.2 Å². The van der Waals surface area contributed by atoms with Gasteiger partial charge in [0.1, 0.15) is 11.9 Å². The molecule has 0 bridgehead atoms. The summed E-state index contributed by atoms with van der Waals surface area (Å²) in [5, 5.41) is 0.784. The van der Waals surface area contributed by atoms with Crippen LogP contribution in [0.25, 0.3) is 0 Å². The minimum absolute atomic E-state index is 0. The van der Waals surface area contributed by atoms with Gasteiger partial charge in [-0.1, -0.05) is 22.7 Å². The zero-order valence-corrected chi connectivity index (χ0v) is 16.0. The van der Waals surface area contributed by atoms with Crippen molar-refractivity contribution in [2.45, 2.75) is 18.9 Å². The van der Waals surface area contributed by atoms with Gasteiger partial charge in [0.05, 0.1) is 13.2 Å². The molecule has 0 saturated carbocycles. The minimum Gasteiger partial charge on any atom is -1.00 e. The Morgan fingerprint density at radius 3 is 2.64 bits per heavy atom. The zero-order chi connectivity index (χ0) is 13.8. The summed E-state index contributed by atoms with van der Waals surface area (Å²) >= 11 is 6.16. The van der Waals surface area contributed by atoms with Crippen molar-refractivity contribution in [1.82, 2.24) is 0 Å². The van der Waals surface area contributed by atoms with Crippen molar-refractivity contribution in [1.29, 1.82) is 0 Å². The summed E-state index contributed by atoms with van der Waals surface area (Å²) in [4.78, 5) is 0. The zero-order valence-electron chi connectivity index (χ0n) is 12.2. The van der Waals surface area contributed by atoms with Crippen molar-refractivity contribution in [3.63, 3.8) is 0 Å². The van der Waals surface area contributed by atoms with Gasteiger partial charge in [-0.3, -0.25) is 0 Å². The van der Waals surface area contributed by atoms with Gasteiger partial charge >= 0.3 is 23.1 Å². The SMILES string of the molecule is Clc1cc[c-]cc1Cc1ccc(O[C@H]2CCOC2)cc1.[Br-].[Mg+2]. The molecule has 2 aromatic carbocycles. The maximum absolute atomic E-state index is 6.16. The molecule has 1 atom stereocenters. The second kappa shape index (κ2) is 9.78. The predicted molar refractivity (Wildman–Crippen MR) is 85.1 cm³/mol. The van der Waals surface area contributed by atoms with Crippen LogP contribution in [0.3, 0.4) is 0 Å². The van der Waals surface area contributed by atoms with Crippen LogP contribution in [0, 0.1) is 6.07 Å². The molecule has 1 aliphatic rings. The van der Waals surface area contributed by atoms with E-state index in [-0.39, 0.29) is 46.1 Å². The summed E-state index contributed by atoms with van der Waals surface area (Å²) in [6, 6.07) is 16.9. The first kappa shape index (κ1) is 19.8. The van der Waals surface area contributed by atoms with Gasteiger partial charge in [0, 0.05) is 6.42 Å². The van der Waals surface area contributed by atoms with Gasteiger partial charge in [0.25, 0.3) is 0 Å². The summed E-state index contributed by atoms with van der Waals surface area (Å²) in [7, 11) is 0. The Hall–Kier alpha value is -0.264. The maximum atomic E-state index is 6.16. The molecule has 22 heavy (non-hydrogen) atoms. The van der Waals surface area contributed by atoms with E-state index in [1.165, 1.54) is 5.56 Å². The second-order valence-electron chi connectivity index (χ2n) is 4.94. The topological polar surface area (TPSA) is 18.5 Å². The van der Waals surface area contributed by atoms with Crippen molar-refractivity contribution in [2.24, 2.45) is 0 Å². The molecule has 0 aliphatic carbocycles. The van der Waals surface area contributed by atoms with Crippen LogP contribution in [-0.4, -0.2) is 42.4 Å². The Morgan fingerprint density at radius 2 is 2.00 bits per heavy atom. The Morgan fingerprint density at radius 1 is 1.23 bits per heavy atom. The molecule has 2 aromatic rings. The van der Waals surface area contributed by atoms with Crippen molar-refractivity contribution in [3.05, 3.63) is 64.7 Å². The Balaban J connectivity index is 0.00000121. The molecule has 2 nitrogen and oxygen atoms in total. The van der Waals surface area contributed by atoms with Gasteiger partial charge in [-0.05, 0) is 18.6 Å². The molecule has 0 unspecified atom stereocenters. The first-order chi connectivity index (χ1) is 9.81. The molecule has 3 rings (SSSR count). The molecule has 112 valence electrons. The third-order valence-electron chi connectivity index (χ3n) is 3.40. The van der Waals surface area contributed by atoms with Gasteiger partial charge < -0.3 is 26.5 Å². The fraction of sp³-hybridized carbons (Fsp3) is 0.294. The first-order valence-electron chi connectivity index (χ1n) is 6.79. The molecule has 0 radical (unpaired) electrons. The summed E-state index contributed by atoms with van der Waals surface area (Å²) in [6.45, 7) is 1.49. The molecule has 0 spiro atoms. The normalized spacial score (nSPS) is 16.5. The summed E-state index contributed by atoms with van der Waals surface area (Å²) in [6.07, 6.45) is 1.97. The Kier molecular flexibility index (Phi) is 8.80. The first-order valence-corrected chi connectivity index (χ1v) is 7.17. The van der Waals surface area contributed by atoms with Crippen molar-refractivity contribution < 1.29 is 26.5 Å². The van der Waals surface area contributed by atoms with E-state index in [9.17, 15) is 0 Å². The monoisotopic (exact) mass is 390 g/mol. The van der Waals surface area contributed by atoms with Gasteiger partial charge in [0.2, 0.25) is 0 Å². The average molecular weight is 392 g/mol. The largest absolute Gasteiger partial charge is 2.00 e. The molecule has 0 N–H and O–H groups in total. The van der Waals surface area contributed by atoms with Crippen LogP contribution in [0.4, 0.5) is 0 Å². The number of benzene rings is 2. The molecule has 1 saturated heterocycles. The molecule has 0 aromatic heterocycles. The average Bonchev–Trinajstić information content (AvgIpc) is 2.96. The van der Waals surface area contributed by atoms with E-state index in [2.05, 4.69) is 18.2 Å². The molecule has 5 heteroatoms. The molecule has 1 aliphatic heterocycles. The van der Waals surface area contributed by atoms with Crippen LogP contribution in [0.15, 0.2) is 42.5 Å². The molecule has 1 fully saturated rings. The number of rotatable bonds is 4. The van der Waals surface area contributed by atoms with E-state index in [4.69, 9.17) is 21.1 Å². The molecule has 0 amide bonds. The van der Waals surface area contributed by atoms with E-state index < -0.39 is 0 Å². The summed E-state index contributed by atoms with van der Waals surface area (Å²) in [5.74, 6) is 0.898. The minimum atomic E-state index is 0. The van der Waals surface area contributed by atoms with Gasteiger partial charge in [0.15, 0.2) is 0 Å². The van der Waals surface area contributed by atoms with Crippen LogP contribution in [0.5, 0.6) is 5.75 Å². The van der Waals surface area contributed by atoms with Gasteiger partial charge in [-0.25, -0.2) is 0 Å². The standard InChI is InChI=1S/C17H16ClO2.BrH.Mg/c18-17-4-2-1-3-14(17)11-13-5-7-15(8-6-13)20-16-9-10-19-12-16;;/h2-8,16H,9-12H2;1H;/q-1;;+2/p-1/t16-;;/m0../s1. The maximum Gasteiger partial charge on any atom is 2.00 e. The van der Waals surface area contributed by atoms with E-state index in [0.29, 0.717) is 6.61 Å². The third-order valence-corrected chi connectivity index (χ3v) is 3.77. The van der Waals surface area contributed by atoms with Gasteiger partial charge in [-0.15, -0.1) is 17.2 Å². The molecular weight excluding hydrogens is 376 g/mol. The van der Waals surface area contributed by atoms with E-state index >= 15 is 0 Å². The van der Waals surface area contributed by atoms with Crippen LogP contribution in [0.1, 0.15) is 17.5 Å². The third kappa shape index (κ3) is 5.43. The van der Waals surface area contributed by atoms with E-state index in [1.54, 1.807) is 0 Å². The van der Waals surface area contributed by atoms with Crippen molar-refractivity contribution >= 4 is 34.7 Å². The van der Waals surface area contributed by atoms with E-state index in [1.807, 2.05) is 30.3 Å².